The van der Waals surface area contributed by atoms with Crippen LogP contribution in [0.25, 0.3) is 0 Å². The molecule has 404 valence electrons. The summed E-state index contributed by atoms with van der Waals surface area (Å²) in [4.78, 5) is 7.24. The Labute approximate surface area is 503 Å². The van der Waals surface area contributed by atoms with Crippen molar-refractivity contribution in [3.63, 3.8) is 0 Å². The summed E-state index contributed by atoms with van der Waals surface area (Å²) in [5.74, 6) is 3.14. The number of benzene rings is 13. The molecule has 0 fully saturated rings. The van der Waals surface area contributed by atoms with Gasteiger partial charge in [0, 0.05) is 75.2 Å². The van der Waals surface area contributed by atoms with Gasteiger partial charge in [-0.25, -0.2) is 0 Å². The fourth-order valence-corrected chi connectivity index (χ4v) is 25.1. The predicted molar refractivity (Wildman–Crippen MR) is 363 cm³/mol. The van der Waals surface area contributed by atoms with E-state index in [1.165, 1.54) is 64.2 Å². The summed E-state index contributed by atoms with van der Waals surface area (Å²) in [7, 11) is -5.69. The quantitative estimate of drug-likeness (QED) is 0.134. The van der Waals surface area contributed by atoms with E-state index in [1.54, 1.807) is 0 Å². The van der Waals surface area contributed by atoms with Crippen LogP contribution in [-0.2, 0) is 0 Å². The summed E-state index contributed by atoms with van der Waals surface area (Å²) >= 11 is 0. The van der Waals surface area contributed by atoms with Gasteiger partial charge >= 0.3 is 0 Å². The van der Waals surface area contributed by atoms with Gasteiger partial charge < -0.3 is 24.2 Å². The SMILES string of the molecule is c1ccc(N(c2ccccc2)c2cc3c4c(c2)Oc2cc(N5c6ccccc6[Si](c6ccccc6)(c6ccccc6)c6ccccc65)ccc2B4c2ccc(N4c5ccccc5[Si](c5ccccc5)(c5ccccc5)c5ccccc54)cc2O3)cc1. The zero-order valence-corrected chi connectivity index (χ0v) is 48.9. The molecular weight excluding hydrogens is 1080 g/mol. The lowest BCUT2D eigenvalue weighted by atomic mass is 9.35. The second-order valence-corrected chi connectivity index (χ2v) is 30.1. The van der Waals surface area contributed by atoms with E-state index in [9.17, 15) is 0 Å². The molecule has 4 aliphatic heterocycles. The number of fused-ring (bicyclic) bond motifs is 8. The standard InChI is InChI=1S/C78H54BN3O2Si2/c1-7-27-55(28-8-1)80(56-29-9-2-10-30-56)59-53-72-78-73(54-59)84-71-52-58(82-68-41-21-25-45-76(68)86(62-35-15-5-16-36-62,63-37-17-6-18-38-63)77-46-26-22-42-69(77)82)48-50-65(71)79(78)64-49-47-57(51-70(64)83-72)81-66-39-19-23-43-74(66)85(60-31-11-3-12-32-60,61-33-13-4-14-34-61)75-44-24-20-40-67(75)81/h1-54H. The normalized spacial score (nSPS) is 14.1. The third-order valence-electron chi connectivity index (χ3n) is 18.3. The first-order chi connectivity index (χ1) is 42.7. The molecule has 86 heavy (non-hydrogen) atoms. The minimum atomic E-state index is -2.84. The highest BCUT2D eigenvalue weighted by molar-refractivity contribution is 7.22. The molecule has 8 heteroatoms. The Morgan fingerprint density at radius 3 is 0.884 bits per heavy atom. The van der Waals surface area contributed by atoms with Crippen LogP contribution >= 0.6 is 0 Å². The first-order valence-corrected chi connectivity index (χ1v) is 33.6. The van der Waals surface area contributed by atoms with E-state index in [2.05, 4.69) is 342 Å². The largest absolute Gasteiger partial charge is 0.458 e. The molecule has 4 aliphatic rings. The van der Waals surface area contributed by atoms with E-state index in [1.807, 2.05) is 0 Å². The van der Waals surface area contributed by atoms with Crippen molar-refractivity contribution in [2.45, 2.75) is 0 Å². The van der Waals surface area contributed by atoms with E-state index in [4.69, 9.17) is 9.47 Å². The van der Waals surface area contributed by atoms with Crippen LogP contribution in [0.1, 0.15) is 0 Å². The van der Waals surface area contributed by atoms with Crippen molar-refractivity contribution in [1.29, 1.82) is 0 Å². The van der Waals surface area contributed by atoms with Crippen LogP contribution in [0.5, 0.6) is 23.0 Å². The van der Waals surface area contributed by atoms with Gasteiger partial charge in [0.2, 0.25) is 0 Å². The lowest BCUT2D eigenvalue weighted by Crippen LogP contribution is -2.77. The summed E-state index contributed by atoms with van der Waals surface area (Å²) in [6.45, 7) is -0.208. The summed E-state index contributed by atoms with van der Waals surface area (Å²) < 4.78 is 14.9. The summed E-state index contributed by atoms with van der Waals surface area (Å²) in [5.41, 5.74) is 12.9. The molecule has 13 aromatic rings. The molecule has 0 aliphatic carbocycles. The lowest BCUT2D eigenvalue weighted by Gasteiger charge is -2.45. The minimum Gasteiger partial charge on any atom is -0.458 e. The summed E-state index contributed by atoms with van der Waals surface area (Å²) in [5, 5.41) is 10.8. The van der Waals surface area contributed by atoms with Crippen LogP contribution in [0.4, 0.5) is 51.2 Å². The Hall–Kier alpha value is -10.6. The first-order valence-electron chi connectivity index (χ1n) is 29.6. The van der Waals surface area contributed by atoms with E-state index in [-0.39, 0.29) is 6.71 Å². The molecule has 0 saturated carbocycles. The Morgan fingerprint density at radius 1 is 0.267 bits per heavy atom. The van der Waals surface area contributed by atoms with E-state index < -0.39 is 16.1 Å². The number of anilines is 9. The molecule has 0 amide bonds. The maximum Gasteiger partial charge on any atom is 0.260 e. The molecule has 0 bridgehead atoms. The van der Waals surface area contributed by atoms with Crippen LogP contribution in [-0.4, -0.2) is 22.9 Å². The van der Waals surface area contributed by atoms with E-state index in [0.717, 1.165) is 67.8 Å². The average molecular weight is 1130 g/mol. The molecule has 0 saturated heterocycles. The molecule has 4 heterocycles. The number of hydrogen-bond acceptors (Lipinski definition) is 5. The van der Waals surface area contributed by atoms with Crippen LogP contribution in [0.15, 0.2) is 328 Å². The van der Waals surface area contributed by atoms with Gasteiger partial charge in [-0.3, -0.25) is 0 Å². The first kappa shape index (κ1) is 49.9. The zero-order valence-electron chi connectivity index (χ0n) is 46.9. The van der Waals surface area contributed by atoms with Crippen molar-refractivity contribution in [2.24, 2.45) is 0 Å². The summed E-state index contributed by atoms with van der Waals surface area (Å²) in [6.07, 6.45) is 0. The number of rotatable bonds is 9. The Bertz CT molecular complexity index is 4270. The molecule has 0 spiro atoms. The molecule has 17 rings (SSSR count). The second kappa shape index (κ2) is 20.0. The zero-order chi connectivity index (χ0) is 56.8. The van der Waals surface area contributed by atoms with Crippen molar-refractivity contribution in [3.8, 4) is 23.0 Å². The Kier molecular flexibility index (Phi) is 11.6. The van der Waals surface area contributed by atoms with Crippen molar-refractivity contribution < 1.29 is 9.47 Å². The highest BCUT2D eigenvalue weighted by atomic mass is 28.3. The molecular formula is C78H54BN3O2Si2. The second-order valence-electron chi connectivity index (χ2n) is 22.6. The monoisotopic (exact) mass is 1130 g/mol. The summed E-state index contributed by atoms with van der Waals surface area (Å²) in [6, 6.07) is 121. The van der Waals surface area contributed by atoms with E-state index >= 15 is 0 Å². The number of nitrogens with zero attached hydrogens (tertiary/aromatic N) is 3. The van der Waals surface area contributed by atoms with Gasteiger partial charge in [0.05, 0.1) is 5.69 Å². The predicted octanol–water partition coefficient (Wildman–Crippen LogP) is 12.2. The molecule has 0 aromatic heterocycles. The van der Waals surface area contributed by atoms with Gasteiger partial charge in [0.15, 0.2) is 16.1 Å². The van der Waals surface area contributed by atoms with Crippen LogP contribution in [0.2, 0.25) is 0 Å². The lowest BCUT2D eigenvalue weighted by molar-refractivity contribution is 0.465. The average Bonchev–Trinajstić information content (AvgIpc) is 0.775. The molecule has 0 radical (unpaired) electrons. The maximum absolute atomic E-state index is 7.45. The van der Waals surface area contributed by atoms with E-state index in [0.29, 0.717) is 0 Å². The molecule has 0 unspecified atom stereocenters. The molecule has 13 aromatic carbocycles. The van der Waals surface area contributed by atoms with Gasteiger partial charge in [-0.05, 0) is 113 Å². The van der Waals surface area contributed by atoms with Crippen molar-refractivity contribution in [3.05, 3.63) is 328 Å². The Morgan fingerprint density at radius 2 is 0.558 bits per heavy atom. The highest BCUT2D eigenvalue weighted by Crippen LogP contribution is 2.47. The van der Waals surface area contributed by atoms with Gasteiger partial charge in [0.25, 0.3) is 6.71 Å². The fourth-order valence-electron chi connectivity index (χ4n) is 14.8. The smallest absolute Gasteiger partial charge is 0.260 e. The highest BCUT2D eigenvalue weighted by Gasteiger charge is 2.51. The third kappa shape index (κ3) is 7.43. The van der Waals surface area contributed by atoms with Gasteiger partial charge in [-0.2, -0.15) is 0 Å². The van der Waals surface area contributed by atoms with Crippen molar-refractivity contribution in [1.82, 2.24) is 0 Å². The van der Waals surface area contributed by atoms with Crippen molar-refractivity contribution in [2.75, 3.05) is 14.7 Å². The number of hydrogen-bond donors (Lipinski definition) is 0. The van der Waals surface area contributed by atoms with Crippen LogP contribution in [0, 0.1) is 0 Å². The number of para-hydroxylation sites is 6. The van der Waals surface area contributed by atoms with Gasteiger partial charge in [-0.1, -0.05) is 243 Å². The Balaban J connectivity index is 0.859. The molecule has 0 N–H and O–H groups in total. The molecule has 5 nitrogen and oxygen atoms in total. The third-order valence-corrected chi connectivity index (χ3v) is 28.0. The van der Waals surface area contributed by atoms with Gasteiger partial charge in [-0.15, -0.1) is 0 Å². The molecule has 0 atom stereocenters. The van der Waals surface area contributed by atoms with Gasteiger partial charge in [0.1, 0.15) is 23.0 Å². The maximum atomic E-state index is 7.45. The minimum absolute atomic E-state index is 0.208. The number of ether oxygens (including phenoxy) is 2. The van der Waals surface area contributed by atoms with Crippen LogP contribution in [0.3, 0.4) is 0 Å². The fraction of sp³-hybridized carbons (Fsp3) is 0. The topological polar surface area (TPSA) is 28.2 Å². The van der Waals surface area contributed by atoms with Crippen LogP contribution < -0.4 is 82.1 Å². The van der Waals surface area contributed by atoms with Crippen molar-refractivity contribution >= 4 is 132 Å².